The number of amides is 1. The van der Waals surface area contributed by atoms with Gasteiger partial charge in [-0.15, -0.1) is 0 Å². The lowest BCUT2D eigenvalue weighted by molar-refractivity contribution is -0.118. The molecule has 0 aliphatic heterocycles. The second kappa shape index (κ2) is 9.28. The Labute approximate surface area is 191 Å². The maximum atomic E-state index is 12.9. The van der Waals surface area contributed by atoms with Crippen molar-refractivity contribution in [1.29, 1.82) is 0 Å². The van der Waals surface area contributed by atoms with E-state index in [1.807, 2.05) is 51.1 Å². The van der Waals surface area contributed by atoms with Crippen molar-refractivity contribution in [2.24, 2.45) is 14.1 Å². The second-order valence-electron chi connectivity index (χ2n) is 8.91. The van der Waals surface area contributed by atoms with Gasteiger partial charge in [-0.1, -0.05) is 69.8 Å². The van der Waals surface area contributed by atoms with Gasteiger partial charge in [-0.05, 0) is 11.5 Å². The van der Waals surface area contributed by atoms with Gasteiger partial charge in [0.05, 0.1) is 5.75 Å². The fourth-order valence-electron chi connectivity index (χ4n) is 3.22. The molecular weight excluding hydrogens is 426 g/mol. The Morgan fingerprint density at radius 1 is 1.09 bits per heavy atom. The molecule has 0 aliphatic carbocycles. The SMILES string of the molecule is C[C@H](CNC(=O)CSc1nc(C(C)(C)C)nc2c1c(=O)n(C)c(=O)n2C)c1ccccc1. The minimum atomic E-state index is -0.468. The molecule has 1 N–H and O–H groups in total. The van der Waals surface area contributed by atoms with Crippen LogP contribution in [-0.2, 0) is 24.3 Å². The Balaban J connectivity index is 1.87. The normalized spacial score (nSPS) is 12.7. The Morgan fingerprint density at radius 3 is 2.38 bits per heavy atom. The molecular formula is C23H29N5O3S. The summed E-state index contributed by atoms with van der Waals surface area (Å²) in [6.07, 6.45) is 0. The van der Waals surface area contributed by atoms with Crippen LogP contribution in [0.15, 0.2) is 44.9 Å². The van der Waals surface area contributed by atoms with E-state index in [-0.39, 0.29) is 28.6 Å². The van der Waals surface area contributed by atoms with Crippen molar-refractivity contribution >= 4 is 28.7 Å². The van der Waals surface area contributed by atoms with E-state index in [1.54, 1.807) is 7.05 Å². The molecule has 8 nitrogen and oxygen atoms in total. The number of carbonyl (C=O) groups is 1. The molecule has 2 aromatic heterocycles. The molecule has 32 heavy (non-hydrogen) atoms. The number of aryl methyl sites for hydroxylation is 1. The number of thioether (sulfide) groups is 1. The summed E-state index contributed by atoms with van der Waals surface area (Å²) in [6, 6.07) is 9.98. The number of rotatable bonds is 6. The van der Waals surface area contributed by atoms with Gasteiger partial charge in [0.1, 0.15) is 16.2 Å². The van der Waals surface area contributed by atoms with E-state index < -0.39 is 16.7 Å². The summed E-state index contributed by atoms with van der Waals surface area (Å²) in [5, 5.41) is 3.60. The number of fused-ring (bicyclic) bond motifs is 1. The van der Waals surface area contributed by atoms with Crippen LogP contribution < -0.4 is 16.6 Å². The van der Waals surface area contributed by atoms with E-state index in [1.165, 1.54) is 23.4 Å². The molecule has 1 aromatic carbocycles. The van der Waals surface area contributed by atoms with Gasteiger partial charge in [0, 0.05) is 26.1 Å². The zero-order valence-corrected chi connectivity index (χ0v) is 20.1. The molecule has 0 unspecified atom stereocenters. The van der Waals surface area contributed by atoms with Gasteiger partial charge < -0.3 is 5.32 Å². The van der Waals surface area contributed by atoms with Gasteiger partial charge in [0.25, 0.3) is 5.56 Å². The molecule has 0 radical (unpaired) electrons. The van der Waals surface area contributed by atoms with Crippen molar-refractivity contribution in [1.82, 2.24) is 24.4 Å². The molecule has 0 spiro atoms. The van der Waals surface area contributed by atoms with Gasteiger partial charge in [0.15, 0.2) is 5.65 Å². The van der Waals surface area contributed by atoms with Gasteiger partial charge >= 0.3 is 5.69 Å². The topological polar surface area (TPSA) is 98.9 Å². The summed E-state index contributed by atoms with van der Waals surface area (Å²) in [4.78, 5) is 46.9. The predicted octanol–water partition coefficient (Wildman–Crippen LogP) is 2.34. The monoisotopic (exact) mass is 455 g/mol. The van der Waals surface area contributed by atoms with Crippen LogP contribution in [0.3, 0.4) is 0 Å². The average Bonchev–Trinajstić information content (AvgIpc) is 2.77. The number of nitrogens with one attached hydrogen (secondary N) is 1. The quantitative estimate of drug-likeness (QED) is 0.452. The van der Waals surface area contributed by atoms with E-state index in [2.05, 4.69) is 22.2 Å². The molecule has 3 aromatic rings. The van der Waals surface area contributed by atoms with Gasteiger partial charge in [-0.3, -0.25) is 18.7 Å². The van der Waals surface area contributed by atoms with Crippen molar-refractivity contribution < 1.29 is 4.79 Å². The highest BCUT2D eigenvalue weighted by atomic mass is 32.2. The minimum absolute atomic E-state index is 0.100. The smallest absolute Gasteiger partial charge is 0.332 e. The molecule has 9 heteroatoms. The Hall–Kier alpha value is -2.94. The highest BCUT2D eigenvalue weighted by Crippen LogP contribution is 2.26. The van der Waals surface area contributed by atoms with E-state index >= 15 is 0 Å². The molecule has 0 aliphatic rings. The maximum absolute atomic E-state index is 12.9. The van der Waals surface area contributed by atoms with Crippen LogP contribution in [0.4, 0.5) is 0 Å². The number of hydrogen-bond acceptors (Lipinski definition) is 6. The summed E-state index contributed by atoms with van der Waals surface area (Å²) in [7, 11) is 3.00. The highest BCUT2D eigenvalue weighted by molar-refractivity contribution is 8.00. The lowest BCUT2D eigenvalue weighted by Crippen LogP contribution is -2.38. The van der Waals surface area contributed by atoms with Gasteiger partial charge in [-0.2, -0.15) is 0 Å². The molecule has 0 saturated carbocycles. The number of hydrogen-bond donors (Lipinski definition) is 1. The number of benzene rings is 1. The Morgan fingerprint density at radius 2 is 1.75 bits per heavy atom. The standard InChI is InChI=1S/C23H29N5O3S/c1-14(15-10-8-7-9-11-15)12-24-16(29)13-32-19-17-18(25-21(26-19)23(2,3)4)27(5)22(31)28(6)20(17)30/h7-11,14H,12-13H2,1-6H3,(H,24,29)/t14-/m1/s1. The number of carbonyl (C=O) groups excluding carboxylic acids is 1. The summed E-state index contributed by atoms with van der Waals surface area (Å²) in [5.74, 6) is 0.639. The zero-order chi connectivity index (χ0) is 23.6. The van der Waals surface area contributed by atoms with Crippen LogP contribution in [0.2, 0.25) is 0 Å². The molecule has 0 bridgehead atoms. The van der Waals surface area contributed by atoms with E-state index in [4.69, 9.17) is 0 Å². The van der Waals surface area contributed by atoms with Crippen LogP contribution in [0.1, 0.15) is 45.0 Å². The first kappa shape index (κ1) is 23.7. The van der Waals surface area contributed by atoms with Crippen molar-refractivity contribution in [3.8, 4) is 0 Å². The van der Waals surface area contributed by atoms with E-state index in [9.17, 15) is 14.4 Å². The van der Waals surface area contributed by atoms with Crippen LogP contribution >= 0.6 is 11.8 Å². The van der Waals surface area contributed by atoms with Crippen molar-refractivity contribution in [3.05, 3.63) is 62.6 Å². The summed E-state index contributed by atoms with van der Waals surface area (Å²) >= 11 is 1.18. The lowest BCUT2D eigenvalue weighted by atomic mass is 9.96. The average molecular weight is 456 g/mol. The second-order valence-corrected chi connectivity index (χ2v) is 9.88. The summed E-state index contributed by atoms with van der Waals surface area (Å²) in [6.45, 7) is 8.44. The van der Waals surface area contributed by atoms with Crippen LogP contribution in [-0.4, -0.2) is 37.3 Å². The molecule has 3 rings (SSSR count). The van der Waals surface area contributed by atoms with Crippen molar-refractivity contribution in [2.45, 2.75) is 44.1 Å². The Bertz CT molecular complexity index is 1260. The Kier molecular flexibility index (Phi) is 6.88. The van der Waals surface area contributed by atoms with E-state index in [0.29, 0.717) is 17.4 Å². The van der Waals surface area contributed by atoms with E-state index in [0.717, 1.165) is 10.1 Å². The fraction of sp³-hybridized carbons (Fsp3) is 0.435. The summed E-state index contributed by atoms with van der Waals surface area (Å²) < 4.78 is 2.38. The first-order valence-corrected chi connectivity index (χ1v) is 11.4. The lowest BCUT2D eigenvalue weighted by Gasteiger charge is -2.19. The number of nitrogens with zero attached hydrogens (tertiary/aromatic N) is 4. The first-order valence-electron chi connectivity index (χ1n) is 10.4. The minimum Gasteiger partial charge on any atom is -0.355 e. The predicted molar refractivity (Wildman–Crippen MR) is 127 cm³/mol. The van der Waals surface area contributed by atoms with Crippen molar-refractivity contribution in [2.75, 3.05) is 12.3 Å². The van der Waals surface area contributed by atoms with Gasteiger partial charge in [-0.25, -0.2) is 14.8 Å². The van der Waals surface area contributed by atoms with Crippen LogP contribution in [0, 0.1) is 0 Å². The third-order valence-electron chi connectivity index (χ3n) is 5.25. The maximum Gasteiger partial charge on any atom is 0.332 e. The molecule has 1 amide bonds. The molecule has 0 saturated heterocycles. The fourth-order valence-corrected chi connectivity index (χ4v) is 4.06. The molecule has 0 fully saturated rings. The highest BCUT2D eigenvalue weighted by Gasteiger charge is 2.24. The van der Waals surface area contributed by atoms with Crippen LogP contribution in [0.5, 0.6) is 0 Å². The number of aromatic nitrogens is 4. The van der Waals surface area contributed by atoms with Crippen molar-refractivity contribution in [3.63, 3.8) is 0 Å². The summed E-state index contributed by atoms with van der Waals surface area (Å²) in [5.41, 5.74) is 0.113. The third kappa shape index (κ3) is 4.93. The zero-order valence-electron chi connectivity index (χ0n) is 19.3. The van der Waals surface area contributed by atoms with Gasteiger partial charge in [0.2, 0.25) is 5.91 Å². The third-order valence-corrected chi connectivity index (χ3v) is 6.23. The first-order chi connectivity index (χ1) is 15.0. The largest absolute Gasteiger partial charge is 0.355 e. The molecule has 2 heterocycles. The molecule has 170 valence electrons. The van der Waals surface area contributed by atoms with Crippen LogP contribution in [0.25, 0.3) is 11.0 Å². The molecule has 1 atom stereocenters.